The lowest BCUT2D eigenvalue weighted by Crippen LogP contribution is -2.21. The molecule has 0 radical (unpaired) electrons. The molecule has 0 aliphatic heterocycles. The zero-order valence-electron chi connectivity index (χ0n) is 11.3. The number of benzene rings is 1. The summed E-state index contributed by atoms with van der Waals surface area (Å²) in [7, 11) is 0. The van der Waals surface area contributed by atoms with Crippen molar-refractivity contribution in [3.8, 4) is 0 Å². The first-order valence-electron chi connectivity index (χ1n) is 5.53. The number of hydrogen-bond donors (Lipinski definition) is 2. The molecule has 0 saturated carbocycles. The van der Waals surface area contributed by atoms with Gasteiger partial charge in [0.25, 0.3) is 5.97 Å². The third-order valence-electron chi connectivity index (χ3n) is 1.71. The first-order chi connectivity index (χ1) is 8.98. The summed E-state index contributed by atoms with van der Waals surface area (Å²) in [6.07, 6.45) is -5.08. The maximum Gasteiger partial charge on any atom is 0.490 e. The number of carboxylic acids is 2. The standard InChI is InChI=1S/C9H12.C2HF3O2.C2H4O2/c1-8(2)9-6-4-3-5-7-9;3-2(4,5)1(6)7;1-2(3)4/h3-8H,1-2H3;(H,6,7);1H3,(H,3,4). The molecule has 114 valence electrons. The van der Waals surface area contributed by atoms with Gasteiger partial charge in [-0.25, -0.2) is 4.79 Å². The van der Waals surface area contributed by atoms with Gasteiger partial charge in [-0.05, 0) is 11.5 Å². The maximum absolute atomic E-state index is 10.6. The molecule has 0 saturated heterocycles. The van der Waals surface area contributed by atoms with E-state index in [9.17, 15) is 13.2 Å². The minimum atomic E-state index is -5.08. The predicted octanol–water partition coefficient (Wildman–Crippen LogP) is 3.53. The smallest absolute Gasteiger partial charge is 0.481 e. The van der Waals surface area contributed by atoms with Gasteiger partial charge in [-0.15, -0.1) is 0 Å². The summed E-state index contributed by atoms with van der Waals surface area (Å²) in [5, 5.41) is 14.5. The second kappa shape index (κ2) is 9.82. The summed E-state index contributed by atoms with van der Waals surface area (Å²) in [5.74, 6) is -2.93. The predicted molar refractivity (Wildman–Crippen MR) is 67.5 cm³/mol. The Hall–Kier alpha value is -2.05. The van der Waals surface area contributed by atoms with E-state index in [-0.39, 0.29) is 0 Å². The van der Waals surface area contributed by atoms with Crippen molar-refractivity contribution in [2.45, 2.75) is 32.9 Å². The third kappa shape index (κ3) is 14.0. The molecular formula is C13H17F3O4. The van der Waals surface area contributed by atoms with Crippen LogP contribution < -0.4 is 0 Å². The molecule has 1 rings (SSSR count). The van der Waals surface area contributed by atoms with Crippen molar-refractivity contribution in [3.63, 3.8) is 0 Å². The van der Waals surface area contributed by atoms with Crippen LogP contribution in [-0.4, -0.2) is 28.3 Å². The van der Waals surface area contributed by atoms with Crippen molar-refractivity contribution in [1.82, 2.24) is 0 Å². The second-order valence-corrected chi connectivity index (χ2v) is 3.89. The van der Waals surface area contributed by atoms with E-state index < -0.39 is 18.1 Å². The number of alkyl halides is 3. The molecule has 2 N–H and O–H groups in total. The molecule has 0 aliphatic rings. The van der Waals surface area contributed by atoms with E-state index >= 15 is 0 Å². The molecule has 1 aromatic rings. The summed E-state index contributed by atoms with van der Waals surface area (Å²) in [6.45, 7) is 5.49. The minimum Gasteiger partial charge on any atom is -0.481 e. The van der Waals surface area contributed by atoms with Gasteiger partial charge in [0.15, 0.2) is 0 Å². The number of carbonyl (C=O) groups is 2. The van der Waals surface area contributed by atoms with Gasteiger partial charge in [-0.1, -0.05) is 44.2 Å². The van der Waals surface area contributed by atoms with Crippen molar-refractivity contribution in [3.05, 3.63) is 35.9 Å². The van der Waals surface area contributed by atoms with Crippen molar-refractivity contribution in [2.24, 2.45) is 0 Å². The average molecular weight is 294 g/mol. The quantitative estimate of drug-likeness (QED) is 0.830. The van der Waals surface area contributed by atoms with Gasteiger partial charge in [0.2, 0.25) is 0 Å². The van der Waals surface area contributed by atoms with Crippen LogP contribution in [0.3, 0.4) is 0 Å². The fourth-order valence-electron chi connectivity index (χ4n) is 0.838. The average Bonchev–Trinajstić information content (AvgIpc) is 2.29. The number of rotatable bonds is 1. The monoisotopic (exact) mass is 294 g/mol. The fraction of sp³-hybridized carbons (Fsp3) is 0.385. The van der Waals surface area contributed by atoms with Gasteiger partial charge in [0.1, 0.15) is 0 Å². The molecule has 0 spiro atoms. The molecule has 0 heterocycles. The van der Waals surface area contributed by atoms with Crippen LogP contribution in [0.1, 0.15) is 32.3 Å². The van der Waals surface area contributed by atoms with Crippen LogP contribution >= 0.6 is 0 Å². The van der Waals surface area contributed by atoms with E-state index in [1.165, 1.54) is 5.56 Å². The molecule has 0 aliphatic carbocycles. The van der Waals surface area contributed by atoms with E-state index in [4.69, 9.17) is 19.8 Å². The Kier molecular flexibility index (Phi) is 9.96. The van der Waals surface area contributed by atoms with Gasteiger partial charge in [-0.2, -0.15) is 13.2 Å². The van der Waals surface area contributed by atoms with Crippen molar-refractivity contribution < 1.29 is 33.0 Å². The van der Waals surface area contributed by atoms with Crippen LogP contribution in [0.15, 0.2) is 30.3 Å². The fourth-order valence-corrected chi connectivity index (χ4v) is 0.838. The van der Waals surface area contributed by atoms with Crippen molar-refractivity contribution >= 4 is 11.9 Å². The van der Waals surface area contributed by atoms with Crippen molar-refractivity contribution in [2.75, 3.05) is 0 Å². The van der Waals surface area contributed by atoms with E-state index in [1.54, 1.807) is 0 Å². The van der Waals surface area contributed by atoms with Crippen LogP contribution in [0.25, 0.3) is 0 Å². The number of halogens is 3. The van der Waals surface area contributed by atoms with Gasteiger partial charge in [0.05, 0.1) is 0 Å². The summed E-state index contributed by atoms with van der Waals surface area (Å²) in [6, 6.07) is 10.5. The van der Waals surface area contributed by atoms with Gasteiger partial charge in [0, 0.05) is 6.92 Å². The first-order valence-corrected chi connectivity index (χ1v) is 5.53. The Labute approximate surface area is 114 Å². The summed E-state index contributed by atoms with van der Waals surface area (Å²) in [5.41, 5.74) is 1.41. The normalized spacial score (nSPS) is 9.75. The van der Waals surface area contributed by atoms with Crippen LogP contribution in [0.4, 0.5) is 13.2 Å². The lowest BCUT2D eigenvalue weighted by Gasteiger charge is -2.01. The highest BCUT2D eigenvalue weighted by atomic mass is 19.4. The zero-order valence-corrected chi connectivity index (χ0v) is 11.3. The zero-order chi connectivity index (χ0) is 16.3. The van der Waals surface area contributed by atoms with E-state index in [0.29, 0.717) is 5.92 Å². The molecule has 0 amide bonds. The number of aliphatic carboxylic acids is 2. The molecule has 4 nitrogen and oxygen atoms in total. The SMILES string of the molecule is CC(=O)O.CC(C)c1ccccc1.O=C(O)C(F)(F)F. The molecule has 0 bridgehead atoms. The molecule has 0 fully saturated rings. The second-order valence-electron chi connectivity index (χ2n) is 3.89. The van der Waals surface area contributed by atoms with Crippen LogP contribution in [0, 0.1) is 0 Å². The highest BCUT2D eigenvalue weighted by molar-refractivity contribution is 5.73. The lowest BCUT2D eigenvalue weighted by atomic mass is 10.0. The molecule has 0 atom stereocenters. The maximum atomic E-state index is 10.6. The Morgan fingerprint density at radius 2 is 1.35 bits per heavy atom. The summed E-state index contributed by atoms with van der Waals surface area (Å²) < 4.78 is 31.7. The molecule has 1 aromatic carbocycles. The van der Waals surface area contributed by atoms with Gasteiger partial charge in [-0.3, -0.25) is 4.79 Å². The lowest BCUT2D eigenvalue weighted by molar-refractivity contribution is -0.192. The highest BCUT2D eigenvalue weighted by Crippen LogP contribution is 2.13. The number of carboxylic acid groups (broad SMARTS) is 2. The Bertz CT molecular complexity index is 396. The Morgan fingerprint density at radius 1 is 1.05 bits per heavy atom. The van der Waals surface area contributed by atoms with E-state index in [0.717, 1.165) is 6.92 Å². The largest absolute Gasteiger partial charge is 0.490 e. The van der Waals surface area contributed by atoms with Crippen molar-refractivity contribution in [1.29, 1.82) is 0 Å². The topological polar surface area (TPSA) is 74.6 Å². The molecular weight excluding hydrogens is 277 g/mol. The Balaban J connectivity index is 0. The Morgan fingerprint density at radius 3 is 1.50 bits per heavy atom. The highest BCUT2D eigenvalue weighted by Gasteiger charge is 2.38. The minimum absolute atomic E-state index is 0.659. The van der Waals surface area contributed by atoms with E-state index in [2.05, 4.69) is 38.1 Å². The molecule has 0 unspecified atom stereocenters. The number of hydrogen-bond acceptors (Lipinski definition) is 2. The van der Waals surface area contributed by atoms with Gasteiger partial charge < -0.3 is 10.2 Å². The molecule has 7 heteroatoms. The van der Waals surface area contributed by atoms with Crippen LogP contribution in [-0.2, 0) is 9.59 Å². The third-order valence-corrected chi connectivity index (χ3v) is 1.71. The molecule has 0 aromatic heterocycles. The summed E-state index contributed by atoms with van der Waals surface area (Å²) in [4.78, 5) is 17.9. The first kappa shape index (κ1) is 20.3. The van der Waals surface area contributed by atoms with Crippen LogP contribution in [0.2, 0.25) is 0 Å². The van der Waals surface area contributed by atoms with Crippen LogP contribution in [0.5, 0.6) is 0 Å². The van der Waals surface area contributed by atoms with Gasteiger partial charge >= 0.3 is 12.1 Å². The van der Waals surface area contributed by atoms with E-state index in [1.807, 2.05) is 6.07 Å². The summed E-state index contributed by atoms with van der Waals surface area (Å²) >= 11 is 0. The molecule has 20 heavy (non-hydrogen) atoms.